The fraction of sp³-hybridized carbons (Fsp3) is 0.200. The number of anilines is 1. The van der Waals surface area contributed by atoms with Crippen LogP contribution >= 0.6 is 0 Å². The van der Waals surface area contributed by atoms with Crippen molar-refractivity contribution in [2.45, 2.75) is 0 Å². The fourth-order valence-corrected chi connectivity index (χ4v) is 8.49. The summed E-state index contributed by atoms with van der Waals surface area (Å²) >= 11 is 0. The second kappa shape index (κ2) is 20.6. The summed E-state index contributed by atoms with van der Waals surface area (Å²) in [5.74, 6) is -1.96. The van der Waals surface area contributed by atoms with Gasteiger partial charge in [0.2, 0.25) is 0 Å². The molecule has 5 N–H and O–H groups in total. The number of Topliss-reactive ketones (excluding diaryl/α,β-unsaturated/α-hetero) is 2. The summed E-state index contributed by atoms with van der Waals surface area (Å²) in [6.45, 7) is 2.36. The van der Waals surface area contributed by atoms with Gasteiger partial charge in [-0.05, 0) is 24.3 Å². The summed E-state index contributed by atoms with van der Waals surface area (Å²) in [6.07, 6.45) is 11.3. The minimum atomic E-state index is -0.700. The number of H-pyrrole nitrogens is 3. The van der Waals surface area contributed by atoms with Crippen LogP contribution in [0.3, 0.4) is 0 Å². The Bertz CT molecular complexity index is 3400. The summed E-state index contributed by atoms with van der Waals surface area (Å²) in [7, 11) is 2.91. The molecule has 4 amide bonds. The van der Waals surface area contributed by atoms with Crippen molar-refractivity contribution in [1.29, 1.82) is 0 Å². The molecule has 10 rings (SSSR count). The Morgan fingerprint density at radius 1 is 0.500 bits per heavy atom. The molecular weight excluding hydrogens is 927 g/mol. The summed E-state index contributed by atoms with van der Waals surface area (Å²) in [5.41, 5.74) is 9.36. The van der Waals surface area contributed by atoms with Gasteiger partial charge in [-0.1, -0.05) is 36.4 Å². The van der Waals surface area contributed by atoms with Crippen molar-refractivity contribution >= 4 is 62.8 Å². The molecule has 2 aliphatic rings. The molecule has 2 aliphatic heterocycles. The van der Waals surface area contributed by atoms with Crippen LogP contribution in [0, 0.1) is 0 Å². The number of aromatic amines is 3. The zero-order valence-corrected chi connectivity index (χ0v) is 38.8. The van der Waals surface area contributed by atoms with E-state index in [1.54, 1.807) is 46.2 Å². The Kier molecular flexibility index (Phi) is 13.5. The van der Waals surface area contributed by atoms with E-state index in [9.17, 15) is 33.6 Å². The summed E-state index contributed by atoms with van der Waals surface area (Å²) in [5, 5.41) is 0.823. The van der Waals surface area contributed by atoms with Crippen LogP contribution in [0.4, 0.5) is 5.82 Å². The number of rotatable bonds is 10. The normalized spacial score (nSPS) is 13.6. The smallest absolute Gasteiger partial charge is 0.295 e. The number of ketones is 2. The summed E-state index contributed by atoms with van der Waals surface area (Å²) in [6, 6.07) is 17.9. The molecule has 2 saturated heterocycles. The van der Waals surface area contributed by atoms with Crippen molar-refractivity contribution in [3.05, 3.63) is 143 Å². The van der Waals surface area contributed by atoms with E-state index >= 15 is 0 Å². The third-order valence-electron chi connectivity index (χ3n) is 12.2. The van der Waals surface area contributed by atoms with Crippen molar-refractivity contribution in [3.8, 4) is 34.3 Å². The van der Waals surface area contributed by atoms with E-state index < -0.39 is 23.4 Å². The Balaban J connectivity index is 0.000000178. The first-order valence-corrected chi connectivity index (χ1v) is 22.5. The number of methoxy groups -OCH3 is 2. The quantitative estimate of drug-likeness (QED) is 0.113. The molecule has 8 aromatic rings. The third kappa shape index (κ3) is 9.42. The van der Waals surface area contributed by atoms with Crippen LogP contribution in [0.1, 0.15) is 41.4 Å². The number of nitrogens with one attached hydrogen (secondary N) is 3. The lowest BCUT2D eigenvalue weighted by Crippen LogP contribution is -2.52. The molecule has 0 unspecified atom stereocenters. The number of amides is 4. The van der Waals surface area contributed by atoms with Gasteiger partial charge in [0.15, 0.2) is 0 Å². The fourth-order valence-electron chi connectivity index (χ4n) is 8.49. The standard InChI is InChI=1S/C25H23N7O4.C25H22N6O5/c1-36-18-13-30-21(17-12-28-19(26)14-27-17)22-20(18)16(11-29-22)23(33)25(35)32-9-7-31(8-10-32)24(34)15-5-3-2-4-6-15;1-36-18-13-29-21(17-12-27-19(32)14-26-17)22-20(18)16(11-28-22)23(33)25(35)31-9-7-30(8-10-31)24(34)15-5-3-2-4-6-15/h2-6,11-14,29H,7-10H2,1H3,(H2,26,28);2-6,11-14,28H,7-10H2,1H3,(H,27,32). The molecule has 0 aliphatic carbocycles. The zero-order chi connectivity index (χ0) is 50.5. The molecule has 364 valence electrons. The lowest BCUT2D eigenvalue weighted by molar-refractivity contribution is -0.128. The predicted octanol–water partition coefficient (Wildman–Crippen LogP) is 3.27. The van der Waals surface area contributed by atoms with Crippen molar-refractivity contribution in [2.75, 3.05) is 72.3 Å². The minimum Gasteiger partial charge on any atom is -0.494 e. The SMILES string of the molecule is COc1cnc(-c2c[nH]c(=O)cn2)c2[nH]cc(C(=O)C(=O)N3CCN(C(=O)c4ccccc4)CC3)c12.COc1cnc(-c2cnc(N)cn2)c2[nH]cc(C(=O)C(=O)N3CCN(C(=O)c4ccccc4)CC3)c12. The predicted molar refractivity (Wildman–Crippen MR) is 261 cm³/mol. The number of nitrogen functional groups attached to an aromatic ring is 1. The number of pyridine rings is 2. The van der Waals surface area contributed by atoms with Crippen LogP contribution < -0.4 is 20.8 Å². The number of nitrogens with two attached hydrogens (primary N) is 1. The van der Waals surface area contributed by atoms with Crippen molar-refractivity contribution in [2.24, 2.45) is 0 Å². The molecule has 0 atom stereocenters. The van der Waals surface area contributed by atoms with Gasteiger partial charge >= 0.3 is 0 Å². The van der Waals surface area contributed by atoms with E-state index in [1.807, 2.05) is 24.3 Å². The highest BCUT2D eigenvalue weighted by atomic mass is 16.5. The number of hydrogen-bond donors (Lipinski definition) is 4. The third-order valence-corrected chi connectivity index (χ3v) is 12.2. The molecule has 6 aromatic heterocycles. The molecule has 0 radical (unpaired) electrons. The molecular formula is C50H45N13O9. The van der Waals surface area contributed by atoms with Crippen LogP contribution in [0.15, 0.2) is 115 Å². The van der Waals surface area contributed by atoms with E-state index in [-0.39, 0.29) is 60.5 Å². The molecule has 8 heterocycles. The Labute approximate surface area is 408 Å². The summed E-state index contributed by atoms with van der Waals surface area (Å²) in [4.78, 5) is 126. The highest BCUT2D eigenvalue weighted by molar-refractivity contribution is 6.46. The van der Waals surface area contributed by atoms with Crippen LogP contribution in [-0.4, -0.2) is 161 Å². The molecule has 22 nitrogen and oxygen atoms in total. The van der Waals surface area contributed by atoms with Crippen molar-refractivity contribution in [1.82, 2.24) is 59.5 Å². The van der Waals surface area contributed by atoms with Gasteiger partial charge in [0, 0.05) is 82.1 Å². The number of carbonyl (C=O) groups is 6. The largest absolute Gasteiger partial charge is 0.494 e. The van der Waals surface area contributed by atoms with Crippen LogP contribution in [0.2, 0.25) is 0 Å². The van der Waals surface area contributed by atoms with Crippen molar-refractivity contribution in [3.63, 3.8) is 0 Å². The second-order valence-electron chi connectivity index (χ2n) is 16.4. The van der Waals surface area contributed by atoms with Crippen LogP contribution in [0.5, 0.6) is 11.5 Å². The lowest BCUT2D eigenvalue weighted by Gasteiger charge is -2.34. The molecule has 2 aromatic carbocycles. The number of aromatic nitrogens is 8. The van der Waals surface area contributed by atoms with Gasteiger partial charge in [-0.25, -0.2) is 24.9 Å². The molecule has 22 heteroatoms. The number of nitrogens with zero attached hydrogens (tertiary/aromatic N) is 9. The molecule has 72 heavy (non-hydrogen) atoms. The zero-order valence-electron chi connectivity index (χ0n) is 38.8. The van der Waals surface area contributed by atoms with Gasteiger partial charge in [0.05, 0.1) is 78.1 Å². The number of carbonyl (C=O) groups excluding carboxylic acids is 6. The maximum atomic E-state index is 13.3. The highest BCUT2D eigenvalue weighted by Gasteiger charge is 2.33. The van der Waals surface area contributed by atoms with Gasteiger partial charge in [0.25, 0.3) is 40.8 Å². The minimum absolute atomic E-state index is 0.0961. The summed E-state index contributed by atoms with van der Waals surface area (Å²) < 4.78 is 10.8. The van der Waals surface area contributed by atoms with Crippen LogP contribution in [-0.2, 0) is 9.59 Å². The van der Waals surface area contributed by atoms with E-state index in [0.717, 1.165) is 6.20 Å². The van der Waals surface area contributed by atoms with E-state index in [2.05, 4.69) is 39.9 Å². The molecule has 2 fully saturated rings. The van der Waals surface area contributed by atoms with Gasteiger partial charge < -0.3 is 49.8 Å². The Morgan fingerprint density at radius 2 is 0.931 bits per heavy atom. The first kappa shape index (κ1) is 47.5. The highest BCUT2D eigenvalue weighted by Crippen LogP contribution is 2.35. The monoisotopic (exact) mass is 971 g/mol. The topological polar surface area (TPSA) is 289 Å². The maximum Gasteiger partial charge on any atom is 0.295 e. The lowest BCUT2D eigenvalue weighted by atomic mass is 10.1. The number of fused-ring (bicyclic) bond motifs is 2. The molecule has 0 saturated carbocycles. The van der Waals surface area contributed by atoms with E-state index in [1.165, 1.54) is 67.4 Å². The van der Waals surface area contributed by atoms with Gasteiger partial charge in [-0.3, -0.25) is 33.6 Å². The van der Waals surface area contributed by atoms with E-state index in [0.29, 0.717) is 93.4 Å². The average Bonchev–Trinajstić information content (AvgIpc) is 4.09. The van der Waals surface area contributed by atoms with Gasteiger partial charge in [0.1, 0.15) is 40.1 Å². The van der Waals surface area contributed by atoms with Gasteiger partial charge in [-0.15, -0.1) is 0 Å². The van der Waals surface area contributed by atoms with Crippen LogP contribution in [0.25, 0.3) is 44.6 Å². The van der Waals surface area contributed by atoms with E-state index in [4.69, 9.17) is 15.2 Å². The molecule has 0 spiro atoms. The number of benzene rings is 2. The van der Waals surface area contributed by atoms with Gasteiger partial charge in [-0.2, -0.15) is 0 Å². The Morgan fingerprint density at radius 3 is 1.33 bits per heavy atom. The average molecular weight is 972 g/mol. The first-order chi connectivity index (χ1) is 34.9. The van der Waals surface area contributed by atoms with Crippen molar-refractivity contribution < 1.29 is 38.2 Å². The number of ether oxygens (including phenoxy) is 2. The second-order valence-corrected chi connectivity index (χ2v) is 16.4. The first-order valence-electron chi connectivity index (χ1n) is 22.5. The molecule has 0 bridgehead atoms. The number of piperazine rings is 2. The number of hydrogen-bond acceptors (Lipinski definition) is 15. The maximum absolute atomic E-state index is 13.3. The Hall–Kier alpha value is -9.60.